The third-order valence-electron chi connectivity index (χ3n) is 4.90. The minimum absolute atomic E-state index is 0. The molecule has 2 aromatic rings. The van der Waals surface area contributed by atoms with Gasteiger partial charge in [-0.25, -0.2) is 9.98 Å². The standard InChI is InChI=1S/C21H32N6S.HI/c1-4-22-20(23-13-18-16-28-21(25-18)26(2)3)24-14-19-11-8-12-27(19)15-17-9-6-5-7-10-17;/h5-7,9-10,16,19H,4,8,11-15H2,1-3H3,(H2,22,23,24);1H. The number of rotatable bonds is 8. The van der Waals surface area contributed by atoms with Gasteiger partial charge in [0.2, 0.25) is 0 Å². The third kappa shape index (κ3) is 7.42. The van der Waals surface area contributed by atoms with Crippen molar-refractivity contribution in [3.05, 3.63) is 47.0 Å². The molecule has 2 heterocycles. The molecule has 1 aliphatic rings. The molecule has 8 heteroatoms. The lowest BCUT2D eigenvalue weighted by molar-refractivity contribution is 0.245. The summed E-state index contributed by atoms with van der Waals surface area (Å²) in [5.74, 6) is 0.869. The minimum Gasteiger partial charge on any atom is -0.357 e. The highest BCUT2D eigenvalue weighted by atomic mass is 127. The molecule has 29 heavy (non-hydrogen) atoms. The number of nitrogens with zero attached hydrogens (tertiary/aromatic N) is 4. The first-order valence-corrected chi connectivity index (χ1v) is 11.0. The van der Waals surface area contributed by atoms with Crippen LogP contribution in [0.5, 0.6) is 0 Å². The van der Waals surface area contributed by atoms with Crippen molar-refractivity contribution in [3.8, 4) is 0 Å². The average molecular weight is 529 g/mol. The number of likely N-dealkylation sites (tertiary alicyclic amines) is 1. The fraction of sp³-hybridized carbons (Fsp3) is 0.524. The van der Waals surface area contributed by atoms with E-state index >= 15 is 0 Å². The molecule has 1 fully saturated rings. The number of halogens is 1. The SMILES string of the molecule is CCNC(=NCc1csc(N(C)C)n1)NCC1CCCN1Cc1ccccc1.I. The summed E-state index contributed by atoms with van der Waals surface area (Å²) < 4.78 is 0. The fourth-order valence-electron chi connectivity index (χ4n) is 3.44. The van der Waals surface area contributed by atoms with Crippen LogP contribution in [0.25, 0.3) is 0 Å². The predicted octanol–water partition coefficient (Wildman–Crippen LogP) is 3.55. The summed E-state index contributed by atoms with van der Waals surface area (Å²) in [5.41, 5.74) is 2.40. The van der Waals surface area contributed by atoms with Crippen LogP contribution in [-0.2, 0) is 13.1 Å². The van der Waals surface area contributed by atoms with Gasteiger partial charge in [0.25, 0.3) is 0 Å². The summed E-state index contributed by atoms with van der Waals surface area (Å²) in [6.07, 6.45) is 2.50. The normalized spacial score (nSPS) is 17.1. The molecule has 1 unspecified atom stereocenters. The lowest BCUT2D eigenvalue weighted by Crippen LogP contribution is -2.44. The molecule has 0 saturated carbocycles. The Morgan fingerprint density at radius 3 is 2.76 bits per heavy atom. The Hall–Kier alpha value is -1.39. The first-order valence-electron chi connectivity index (χ1n) is 10.1. The van der Waals surface area contributed by atoms with Crippen molar-refractivity contribution < 1.29 is 0 Å². The maximum Gasteiger partial charge on any atom is 0.191 e. The second-order valence-electron chi connectivity index (χ2n) is 7.34. The topological polar surface area (TPSA) is 55.8 Å². The number of nitrogens with one attached hydrogen (secondary N) is 2. The van der Waals surface area contributed by atoms with Gasteiger partial charge in [-0.3, -0.25) is 4.90 Å². The van der Waals surface area contributed by atoms with Crippen molar-refractivity contribution in [1.82, 2.24) is 20.5 Å². The number of guanidine groups is 1. The van der Waals surface area contributed by atoms with E-state index in [4.69, 9.17) is 4.99 Å². The van der Waals surface area contributed by atoms with E-state index in [0.29, 0.717) is 12.6 Å². The van der Waals surface area contributed by atoms with Gasteiger partial charge in [0.15, 0.2) is 11.1 Å². The molecule has 160 valence electrons. The molecule has 1 atom stereocenters. The molecule has 2 N–H and O–H groups in total. The molecule has 0 amide bonds. The first kappa shape index (κ1) is 23.9. The Balaban J connectivity index is 0.00000300. The lowest BCUT2D eigenvalue weighted by Gasteiger charge is -2.25. The van der Waals surface area contributed by atoms with Crippen LogP contribution in [0, 0.1) is 0 Å². The molecule has 1 saturated heterocycles. The number of hydrogen-bond acceptors (Lipinski definition) is 5. The van der Waals surface area contributed by atoms with E-state index in [9.17, 15) is 0 Å². The Morgan fingerprint density at radius 2 is 2.07 bits per heavy atom. The number of benzene rings is 1. The van der Waals surface area contributed by atoms with Gasteiger partial charge in [-0.2, -0.15) is 0 Å². The number of hydrogen-bond donors (Lipinski definition) is 2. The van der Waals surface area contributed by atoms with E-state index in [1.54, 1.807) is 11.3 Å². The monoisotopic (exact) mass is 528 g/mol. The zero-order valence-corrected chi connectivity index (χ0v) is 20.7. The van der Waals surface area contributed by atoms with E-state index in [1.165, 1.54) is 24.9 Å². The summed E-state index contributed by atoms with van der Waals surface area (Å²) in [5, 5.41) is 10.0. The van der Waals surface area contributed by atoms with Gasteiger partial charge >= 0.3 is 0 Å². The van der Waals surface area contributed by atoms with E-state index in [1.807, 2.05) is 19.0 Å². The largest absolute Gasteiger partial charge is 0.357 e. The molecule has 1 aliphatic heterocycles. The lowest BCUT2D eigenvalue weighted by atomic mass is 10.2. The highest BCUT2D eigenvalue weighted by Crippen LogP contribution is 2.20. The van der Waals surface area contributed by atoms with Crippen molar-refractivity contribution in [3.63, 3.8) is 0 Å². The van der Waals surface area contributed by atoms with Gasteiger partial charge in [0.05, 0.1) is 12.2 Å². The van der Waals surface area contributed by atoms with Crippen LogP contribution >= 0.6 is 35.3 Å². The first-order chi connectivity index (χ1) is 13.7. The second-order valence-corrected chi connectivity index (χ2v) is 8.18. The Labute approximate surface area is 195 Å². The number of thiazole rings is 1. The van der Waals surface area contributed by atoms with Gasteiger partial charge in [0.1, 0.15) is 0 Å². The summed E-state index contributed by atoms with van der Waals surface area (Å²) in [6, 6.07) is 11.3. The van der Waals surface area contributed by atoms with Gasteiger partial charge in [-0.1, -0.05) is 30.3 Å². The molecule has 1 aromatic heterocycles. The molecule has 6 nitrogen and oxygen atoms in total. The van der Waals surface area contributed by atoms with Crippen LogP contribution in [0.3, 0.4) is 0 Å². The smallest absolute Gasteiger partial charge is 0.191 e. The van der Waals surface area contributed by atoms with Crippen molar-refractivity contribution in [2.24, 2.45) is 4.99 Å². The molecule has 0 spiro atoms. The Kier molecular flexibility index (Phi) is 10.2. The predicted molar refractivity (Wildman–Crippen MR) is 135 cm³/mol. The zero-order valence-electron chi connectivity index (χ0n) is 17.6. The number of aliphatic imine (C=N–C) groups is 1. The molecule has 1 aromatic carbocycles. The van der Waals surface area contributed by atoms with Crippen LogP contribution < -0.4 is 15.5 Å². The van der Waals surface area contributed by atoms with Crippen molar-refractivity contribution >= 4 is 46.4 Å². The summed E-state index contributed by atoms with van der Waals surface area (Å²) in [4.78, 5) is 13.9. The number of anilines is 1. The molecular weight excluding hydrogens is 495 g/mol. The molecule has 0 radical (unpaired) electrons. The van der Waals surface area contributed by atoms with Crippen LogP contribution in [0.15, 0.2) is 40.7 Å². The van der Waals surface area contributed by atoms with Crippen molar-refractivity contribution in [2.45, 2.75) is 38.9 Å². The van der Waals surface area contributed by atoms with Crippen LogP contribution in [0.2, 0.25) is 0 Å². The van der Waals surface area contributed by atoms with Crippen molar-refractivity contribution in [2.75, 3.05) is 38.6 Å². The molecular formula is C21H33IN6S. The minimum atomic E-state index is 0. The summed E-state index contributed by atoms with van der Waals surface area (Å²) in [6.45, 7) is 6.65. The molecule has 3 rings (SSSR count). The van der Waals surface area contributed by atoms with E-state index in [2.05, 4.69) is 63.2 Å². The van der Waals surface area contributed by atoms with Crippen LogP contribution in [-0.4, -0.2) is 55.6 Å². The third-order valence-corrected chi connectivity index (χ3v) is 5.96. The van der Waals surface area contributed by atoms with Gasteiger partial charge < -0.3 is 15.5 Å². The highest BCUT2D eigenvalue weighted by molar-refractivity contribution is 14.0. The summed E-state index contributed by atoms with van der Waals surface area (Å²) >= 11 is 1.66. The molecule has 0 aliphatic carbocycles. The second kappa shape index (κ2) is 12.3. The summed E-state index contributed by atoms with van der Waals surface area (Å²) in [7, 11) is 4.03. The van der Waals surface area contributed by atoms with E-state index in [0.717, 1.165) is 36.4 Å². The Morgan fingerprint density at radius 1 is 1.28 bits per heavy atom. The van der Waals surface area contributed by atoms with Gasteiger partial charge in [-0.05, 0) is 31.9 Å². The fourth-order valence-corrected chi connectivity index (χ4v) is 4.19. The van der Waals surface area contributed by atoms with Gasteiger partial charge in [0, 0.05) is 45.2 Å². The van der Waals surface area contributed by atoms with Crippen LogP contribution in [0.1, 0.15) is 31.0 Å². The zero-order chi connectivity index (χ0) is 19.8. The van der Waals surface area contributed by atoms with Gasteiger partial charge in [-0.15, -0.1) is 35.3 Å². The number of aromatic nitrogens is 1. The van der Waals surface area contributed by atoms with E-state index < -0.39 is 0 Å². The van der Waals surface area contributed by atoms with E-state index in [-0.39, 0.29) is 24.0 Å². The quantitative estimate of drug-likeness (QED) is 0.312. The van der Waals surface area contributed by atoms with Crippen molar-refractivity contribution in [1.29, 1.82) is 0 Å². The maximum atomic E-state index is 4.73. The molecule has 0 bridgehead atoms. The van der Waals surface area contributed by atoms with Crippen LogP contribution in [0.4, 0.5) is 5.13 Å². The average Bonchev–Trinajstić information content (AvgIpc) is 3.34. The maximum absolute atomic E-state index is 4.73. The Bertz CT molecular complexity index is 749. The highest BCUT2D eigenvalue weighted by Gasteiger charge is 2.24.